The number of guanidine groups is 1. The van der Waals surface area contributed by atoms with E-state index in [0.29, 0.717) is 52.0 Å². The van der Waals surface area contributed by atoms with E-state index in [9.17, 15) is 14.9 Å². The van der Waals surface area contributed by atoms with Gasteiger partial charge in [0, 0.05) is 51.0 Å². The van der Waals surface area contributed by atoms with Gasteiger partial charge in [0.05, 0.1) is 18.1 Å². The van der Waals surface area contributed by atoms with Gasteiger partial charge in [0.2, 0.25) is 0 Å². The lowest BCUT2D eigenvalue weighted by atomic mass is 10.1. The average Bonchev–Trinajstić information content (AvgIpc) is 2.78. The standard InChI is InChI=1S/C21H33N5O5.HI/c1-3-30-15-5-12-22-20(23-16-17-6-8-19(9-7-17)26(28)29)24-18-10-13-25(14-11-18)21(27)31-4-2;/h6-9,18H,3-5,10-16H2,1-2H3,(H2,22,23,24);1H. The van der Waals surface area contributed by atoms with Gasteiger partial charge in [-0.1, -0.05) is 12.1 Å². The van der Waals surface area contributed by atoms with Crippen molar-refractivity contribution in [3.8, 4) is 0 Å². The summed E-state index contributed by atoms with van der Waals surface area (Å²) < 4.78 is 10.4. The summed E-state index contributed by atoms with van der Waals surface area (Å²) in [5, 5.41) is 17.6. The number of carbonyl (C=O) groups is 1. The predicted molar refractivity (Wildman–Crippen MR) is 134 cm³/mol. The molecule has 1 aliphatic rings. The van der Waals surface area contributed by atoms with E-state index in [4.69, 9.17) is 9.47 Å². The first-order valence-electron chi connectivity index (χ1n) is 10.8. The number of piperidine rings is 1. The van der Waals surface area contributed by atoms with Gasteiger partial charge in [-0.15, -0.1) is 24.0 Å². The zero-order valence-corrected chi connectivity index (χ0v) is 21.1. The number of non-ortho nitro benzene ring substituents is 1. The van der Waals surface area contributed by atoms with Crippen LogP contribution in [-0.2, 0) is 16.0 Å². The fraction of sp³-hybridized carbons (Fsp3) is 0.619. The molecule has 1 aromatic rings. The SMILES string of the molecule is CCOCCCNC(=NCc1ccc([N+](=O)[O-])cc1)NC1CCN(C(=O)OCC)CC1.I. The molecule has 0 saturated carbocycles. The van der Waals surface area contributed by atoms with Crippen molar-refractivity contribution in [3.05, 3.63) is 39.9 Å². The topological polar surface area (TPSA) is 118 Å². The maximum atomic E-state index is 11.9. The Morgan fingerprint density at radius 3 is 2.50 bits per heavy atom. The Morgan fingerprint density at radius 2 is 1.91 bits per heavy atom. The molecular formula is C21H34IN5O5. The molecule has 10 nitrogen and oxygen atoms in total. The third-order valence-corrected chi connectivity index (χ3v) is 4.89. The quantitative estimate of drug-likeness (QED) is 0.112. The molecule has 0 bridgehead atoms. The van der Waals surface area contributed by atoms with Crippen molar-refractivity contribution in [2.75, 3.05) is 39.5 Å². The lowest BCUT2D eigenvalue weighted by Crippen LogP contribution is -2.50. The van der Waals surface area contributed by atoms with Gasteiger partial charge in [0.15, 0.2) is 5.96 Å². The van der Waals surface area contributed by atoms with E-state index in [2.05, 4.69) is 15.6 Å². The molecule has 0 aliphatic carbocycles. The van der Waals surface area contributed by atoms with Crippen molar-refractivity contribution in [2.24, 2.45) is 4.99 Å². The minimum Gasteiger partial charge on any atom is -0.450 e. The second-order valence-corrected chi connectivity index (χ2v) is 7.17. The fourth-order valence-electron chi connectivity index (χ4n) is 3.19. The van der Waals surface area contributed by atoms with Crippen molar-refractivity contribution < 1.29 is 19.2 Å². The Morgan fingerprint density at radius 1 is 1.22 bits per heavy atom. The Bertz CT molecular complexity index is 724. The number of carbonyl (C=O) groups excluding carboxylic acids is 1. The number of halogens is 1. The van der Waals surface area contributed by atoms with Crippen LogP contribution in [0.5, 0.6) is 0 Å². The Labute approximate surface area is 206 Å². The minimum absolute atomic E-state index is 0. The van der Waals surface area contributed by atoms with Gasteiger partial charge in [-0.05, 0) is 38.7 Å². The number of likely N-dealkylation sites (tertiary alicyclic amines) is 1. The number of rotatable bonds is 10. The van der Waals surface area contributed by atoms with Crippen LogP contribution in [0, 0.1) is 10.1 Å². The van der Waals surface area contributed by atoms with Crippen LogP contribution >= 0.6 is 24.0 Å². The first-order chi connectivity index (χ1) is 15.0. The molecule has 32 heavy (non-hydrogen) atoms. The molecular weight excluding hydrogens is 529 g/mol. The summed E-state index contributed by atoms with van der Waals surface area (Å²) in [5.41, 5.74) is 0.951. The van der Waals surface area contributed by atoms with E-state index < -0.39 is 4.92 Å². The fourth-order valence-corrected chi connectivity index (χ4v) is 3.19. The van der Waals surface area contributed by atoms with Crippen molar-refractivity contribution in [3.63, 3.8) is 0 Å². The Balaban J connectivity index is 0.00000512. The number of nitrogens with one attached hydrogen (secondary N) is 2. The lowest BCUT2D eigenvalue weighted by molar-refractivity contribution is -0.384. The summed E-state index contributed by atoms with van der Waals surface area (Å²) in [6.07, 6.45) is 2.20. The number of nitrogens with zero attached hydrogens (tertiary/aromatic N) is 3. The molecule has 1 heterocycles. The van der Waals surface area contributed by atoms with E-state index in [-0.39, 0.29) is 41.8 Å². The van der Waals surface area contributed by atoms with Gasteiger partial charge in [-0.25, -0.2) is 9.79 Å². The molecule has 11 heteroatoms. The zero-order valence-electron chi connectivity index (χ0n) is 18.7. The van der Waals surface area contributed by atoms with E-state index >= 15 is 0 Å². The molecule has 2 rings (SSSR count). The van der Waals surface area contributed by atoms with Crippen LogP contribution in [0.1, 0.15) is 38.7 Å². The van der Waals surface area contributed by atoms with Gasteiger partial charge >= 0.3 is 6.09 Å². The third-order valence-electron chi connectivity index (χ3n) is 4.89. The number of nitro groups is 1. The Hall–Kier alpha value is -2.15. The summed E-state index contributed by atoms with van der Waals surface area (Å²) in [7, 11) is 0. The van der Waals surface area contributed by atoms with Crippen LogP contribution in [0.2, 0.25) is 0 Å². The summed E-state index contributed by atoms with van der Waals surface area (Å²) in [6, 6.07) is 6.59. The number of amides is 1. The summed E-state index contributed by atoms with van der Waals surface area (Å²) >= 11 is 0. The molecule has 1 saturated heterocycles. The molecule has 1 aromatic carbocycles. The predicted octanol–water partition coefficient (Wildman–Crippen LogP) is 3.30. The van der Waals surface area contributed by atoms with Crippen LogP contribution in [0.25, 0.3) is 0 Å². The number of ether oxygens (including phenoxy) is 2. The van der Waals surface area contributed by atoms with Gasteiger partial charge in [0.25, 0.3) is 5.69 Å². The second kappa shape index (κ2) is 15.6. The molecule has 180 valence electrons. The second-order valence-electron chi connectivity index (χ2n) is 7.17. The van der Waals surface area contributed by atoms with E-state index in [1.807, 2.05) is 6.92 Å². The lowest BCUT2D eigenvalue weighted by Gasteiger charge is -2.32. The molecule has 0 radical (unpaired) electrons. The molecule has 1 amide bonds. The number of aliphatic imine (C=N–C) groups is 1. The number of nitro benzene ring substituents is 1. The third kappa shape index (κ3) is 9.98. The van der Waals surface area contributed by atoms with Crippen molar-refractivity contribution in [1.29, 1.82) is 0 Å². The molecule has 0 atom stereocenters. The van der Waals surface area contributed by atoms with Crippen molar-refractivity contribution in [2.45, 2.75) is 45.7 Å². The van der Waals surface area contributed by atoms with Crippen LogP contribution in [0.15, 0.2) is 29.3 Å². The molecule has 2 N–H and O–H groups in total. The smallest absolute Gasteiger partial charge is 0.409 e. The van der Waals surface area contributed by atoms with Gasteiger partial charge < -0.3 is 25.0 Å². The number of hydrogen-bond donors (Lipinski definition) is 2. The summed E-state index contributed by atoms with van der Waals surface area (Å²) in [6.45, 7) is 7.91. The van der Waals surface area contributed by atoms with Crippen LogP contribution in [0.4, 0.5) is 10.5 Å². The highest BCUT2D eigenvalue weighted by atomic mass is 127. The highest BCUT2D eigenvalue weighted by Crippen LogP contribution is 2.13. The zero-order chi connectivity index (χ0) is 22.5. The van der Waals surface area contributed by atoms with Crippen molar-refractivity contribution in [1.82, 2.24) is 15.5 Å². The normalized spacial score (nSPS) is 14.4. The largest absolute Gasteiger partial charge is 0.450 e. The van der Waals surface area contributed by atoms with E-state index in [1.165, 1.54) is 12.1 Å². The van der Waals surface area contributed by atoms with Gasteiger partial charge in [-0.2, -0.15) is 0 Å². The molecule has 1 aliphatic heterocycles. The molecule has 0 spiro atoms. The highest BCUT2D eigenvalue weighted by Gasteiger charge is 2.24. The van der Waals surface area contributed by atoms with Crippen LogP contribution in [-0.4, -0.2) is 67.4 Å². The maximum absolute atomic E-state index is 11.9. The van der Waals surface area contributed by atoms with Crippen LogP contribution < -0.4 is 10.6 Å². The summed E-state index contributed by atoms with van der Waals surface area (Å²) in [5.74, 6) is 0.685. The summed E-state index contributed by atoms with van der Waals surface area (Å²) in [4.78, 5) is 28.6. The van der Waals surface area contributed by atoms with Crippen molar-refractivity contribution >= 4 is 41.7 Å². The molecule has 0 unspecified atom stereocenters. The number of benzene rings is 1. The first-order valence-corrected chi connectivity index (χ1v) is 10.8. The molecule has 0 aromatic heterocycles. The van der Waals surface area contributed by atoms with E-state index in [0.717, 1.165) is 24.8 Å². The van der Waals surface area contributed by atoms with E-state index in [1.54, 1.807) is 24.0 Å². The highest BCUT2D eigenvalue weighted by molar-refractivity contribution is 14.0. The average molecular weight is 563 g/mol. The minimum atomic E-state index is -0.414. The number of hydrogen-bond acceptors (Lipinski definition) is 6. The van der Waals surface area contributed by atoms with Gasteiger partial charge in [-0.3, -0.25) is 10.1 Å². The Kier molecular flexibility index (Phi) is 13.6. The monoisotopic (exact) mass is 563 g/mol. The van der Waals surface area contributed by atoms with Gasteiger partial charge in [0.1, 0.15) is 0 Å². The first kappa shape index (κ1) is 27.9. The molecule has 1 fully saturated rings. The maximum Gasteiger partial charge on any atom is 0.409 e. The van der Waals surface area contributed by atoms with Crippen LogP contribution in [0.3, 0.4) is 0 Å².